The topological polar surface area (TPSA) is 64.0 Å². The molecule has 2 aromatic heterocycles. The molecule has 27 heavy (non-hydrogen) atoms. The number of benzene rings is 1. The summed E-state index contributed by atoms with van der Waals surface area (Å²) in [5.41, 5.74) is 0.919. The summed E-state index contributed by atoms with van der Waals surface area (Å²) in [5, 5.41) is 3.51. The average Bonchev–Trinajstić information content (AvgIpc) is 2.65. The molecule has 0 saturated heterocycles. The van der Waals surface area contributed by atoms with Crippen LogP contribution < -0.4 is 10.9 Å². The Morgan fingerprint density at radius 1 is 1.22 bits per heavy atom. The van der Waals surface area contributed by atoms with Crippen molar-refractivity contribution in [1.82, 2.24) is 14.9 Å². The lowest BCUT2D eigenvalue weighted by Crippen LogP contribution is -2.34. The quantitative estimate of drug-likeness (QED) is 0.727. The molecule has 0 saturated carbocycles. The summed E-state index contributed by atoms with van der Waals surface area (Å²) in [6, 6.07) is 11.1. The molecule has 0 radical (unpaired) electrons. The van der Waals surface area contributed by atoms with Gasteiger partial charge in [-0.05, 0) is 48.2 Å². The molecule has 6 heteroatoms. The van der Waals surface area contributed by atoms with Crippen LogP contribution in [0.1, 0.15) is 36.2 Å². The number of carbonyl (C=O) groups excluding carboxylic acids is 1. The van der Waals surface area contributed by atoms with Crippen LogP contribution in [0.3, 0.4) is 0 Å². The normalized spacial score (nSPS) is 11.1. The van der Waals surface area contributed by atoms with E-state index < -0.39 is 5.56 Å². The molecule has 0 fully saturated rings. The highest BCUT2D eigenvalue weighted by molar-refractivity contribution is 5.96. The minimum atomic E-state index is -0.410. The molecule has 1 N–H and O–H groups in total. The summed E-state index contributed by atoms with van der Waals surface area (Å²) in [7, 11) is 0. The molecular weight excluding hydrogens is 345 g/mol. The maximum Gasteiger partial charge on any atom is 0.265 e. The second-order valence-electron chi connectivity index (χ2n) is 6.93. The average molecular weight is 367 g/mol. The van der Waals surface area contributed by atoms with Crippen molar-refractivity contribution in [3.05, 3.63) is 76.0 Å². The predicted octanol–water partition coefficient (Wildman–Crippen LogP) is 3.36. The number of rotatable bonds is 6. The van der Waals surface area contributed by atoms with E-state index in [0.29, 0.717) is 23.5 Å². The van der Waals surface area contributed by atoms with Gasteiger partial charge >= 0.3 is 0 Å². The lowest BCUT2D eigenvalue weighted by Gasteiger charge is -2.13. The number of carbonyl (C=O) groups is 1. The van der Waals surface area contributed by atoms with Crippen LogP contribution in [0.4, 0.5) is 4.39 Å². The van der Waals surface area contributed by atoms with Gasteiger partial charge in [0.15, 0.2) is 0 Å². The van der Waals surface area contributed by atoms with Gasteiger partial charge in [0.05, 0.1) is 6.54 Å². The lowest BCUT2D eigenvalue weighted by molar-refractivity contribution is 0.0950. The van der Waals surface area contributed by atoms with Crippen molar-refractivity contribution in [3.63, 3.8) is 0 Å². The van der Waals surface area contributed by atoms with Crippen molar-refractivity contribution < 1.29 is 9.18 Å². The highest BCUT2D eigenvalue weighted by atomic mass is 19.1. The number of hydrogen-bond donors (Lipinski definition) is 1. The molecule has 3 rings (SSSR count). The third-order valence-electron chi connectivity index (χ3n) is 4.35. The number of halogens is 1. The molecule has 1 amide bonds. The van der Waals surface area contributed by atoms with E-state index in [0.717, 1.165) is 12.0 Å². The van der Waals surface area contributed by atoms with Crippen molar-refractivity contribution in [2.45, 2.75) is 26.8 Å². The van der Waals surface area contributed by atoms with E-state index in [1.54, 1.807) is 30.5 Å². The standard InChI is InChI=1S/C21H22FN3O2/c1-14(2)9-11-24-20(26)18-12-16-4-3-10-23-19(16)25(21(18)27)13-15-5-7-17(22)8-6-15/h3-8,10,12,14H,9,11,13H2,1-2H3,(H,24,26). The van der Waals surface area contributed by atoms with Crippen LogP contribution in [0, 0.1) is 11.7 Å². The molecule has 0 bridgehead atoms. The van der Waals surface area contributed by atoms with Gasteiger partial charge in [-0.25, -0.2) is 9.37 Å². The molecular formula is C21H22FN3O2. The van der Waals surface area contributed by atoms with Gasteiger partial charge in [0.25, 0.3) is 11.5 Å². The van der Waals surface area contributed by atoms with Crippen molar-refractivity contribution in [2.24, 2.45) is 5.92 Å². The van der Waals surface area contributed by atoms with Crippen LogP contribution in [0.5, 0.6) is 0 Å². The number of pyridine rings is 2. The number of hydrogen-bond acceptors (Lipinski definition) is 3. The first-order chi connectivity index (χ1) is 13.0. The second-order valence-corrected chi connectivity index (χ2v) is 6.93. The Bertz CT molecular complexity index is 1010. The van der Waals surface area contributed by atoms with E-state index >= 15 is 0 Å². The molecule has 2 heterocycles. The van der Waals surface area contributed by atoms with Crippen LogP contribution in [0.2, 0.25) is 0 Å². The fraction of sp³-hybridized carbons (Fsp3) is 0.286. The summed E-state index contributed by atoms with van der Waals surface area (Å²) in [5.74, 6) is -0.271. The Morgan fingerprint density at radius 3 is 2.67 bits per heavy atom. The maximum atomic E-state index is 13.2. The second kappa shape index (κ2) is 8.12. The first kappa shape index (κ1) is 18.8. The van der Waals surface area contributed by atoms with Crippen LogP contribution in [0.15, 0.2) is 53.5 Å². The van der Waals surface area contributed by atoms with Gasteiger partial charge in [-0.3, -0.25) is 14.2 Å². The maximum absolute atomic E-state index is 13.2. The zero-order chi connectivity index (χ0) is 19.4. The third-order valence-corrected chi connectivity index (χ3v) is 4.35. The Kier molecular flexibility index (Phi) is 5.64. The highest BCUT2D eigenvalue weighted by Gasteiger charge is 2.16. The third kappa shape index (κ3) is 4.39. The van der Waals surface area contributed by atoms with Gasteiger partial charge in [-0.15, -0.1) is 0 Å². The number of aromatic nitrogens is 2. The van der Waals surface area contributed by atoms with Crippen LogP contribution in [-0.4, -0.2) is 22.0 Å². The fourth-order valence-electron chi connectivity index (χ4n) is 2.86. The van der Waals surface area contributed by atoms with E-state index in [1.165, 1.54) is 16.7 Å². The number of nitrogens with zero attached hydrogens (tertiary/aromatic N) is 2. The molecule has 0 aliphatic heterocycles. The number of fused-ring (bicyclic) bond motifs is 1. The Morgan fingerprint density at radius 2 is 1.96 bits per heavy atom. The summed E-state index contributed by atoms with van der Waals surface area (Å²) >= 11 is 0. The fourth-order valence-corrected chi connectivity index (χ4v) is 2.86. The molecule has 0 aliphatic carbocycles. The number of amides is 1. The van der Waals surface area contributed by atoms with Crippen molar-refractivity contribution >= 4 is 16.9 Å². The van der Waals surface area contributed by atoms with Crippen LogP contribution >= 0.6 is 0 Å². The Hall–Kier alpha value is -3.02. The van der Waals surface area contributed by atoms with E-state index in [2.05, 4.69) is 24.1 Å². The minimum absolute atomic E-state index is 0.0846. The first-order valence-electron chi connectivity index (χ1n) is 8.97. The smallest absolute Gasteiger partial charge is 0.265 e. The highest BCUT2D eigenvalue weighted by Crippen LogP contribution is 2.13. The molecule has 140 valence electrons. The Balaban J connectivity index is 2.00. The van der Waals surface area contributed by atoms with E-state index in [4.69, 9.17) is 0 Å². The van der Waals surface area contributed by atoms with Crippen molar-refractivity contribution in [3.8, 4) is 0 Å². The monoisotopic (exact) mass is 367 g/mol. The summed E-state index contributed by atoms with van der Waals surface area (Å²) in [6.45, 7) is 4.87. The van der Waals surface area contributed by atoms with Crippen molar-refractivity contribution in [2.75, 3.05) is 6.54 Å². The molecule has 0 unspecified atom stereocenters. The lowest BCUT2D eigenvalue weighted by atomic mass is 10.1. The van der Waals surface area contributed by atoms with Gasteiger partial charge in [-0.1, -0.05) is 26.0 Å². The summed E-state index contributed by atoms with van der Waals surface area (Å²) < 4.78 is 14.6. The van der Waals surface area contributed by atoms with Crippen LogP contribution in [-0.2, 0) is 6.54 Å². The zero-order valence-corrected chi connectivity index (χ0v) is 15.4. The van der Waals surface area contributed by atoms with Gasteiger partial charge in [-0.2, -0.15) is 0 Å². The Labute approximate surface area is 156 Å². The van der Waals surface area contributed by atoms with Gasteiger partial charge in [0, 0.05) is 18.1 Å². The van der Waals surface area contributed by atoms with Crippen LogP contribution in [0.25, 0.3) is 11.0 Å². The minimum Gasteiger partial charge on any atom is -0.352 e. The largest absolute Gasteiger partial charge is 0.352 e. The molecule has 1 aromatic carbocycles. The zero-order valence-electron chi connectivity index (χ0n) is 15.4. The summed E-state index contributed by atoms with van der Waals surface area (Å²) in [4.78, 5) is 29.8. The number of nitrogens with one attached hydrogen (secondary N) is 1. The van der Waals surface area contributed by atoms with Gasteiger partial charge in [0.1, 0.15) is 17.0 Å². The van der Waals surface area contributed by atoms with E-state index in [-0.39, 0.29) is 23.8 Å². The van der Waals surface area contributed by atoms with Gasteiger partial charge in [0.2, 0.25) is 0 Å². The summed E-state index contributed by atoms with van der Waals surface area (Å²) in [6.07, 6.45) is 2.44. The molecule has 0 atom stereocenters. The molecule has 3 aromatic rings. The molecule has 5 nitrogen and oxygen atoms in total. The SMILES string of the molecule is CC(C)CCNC(=O)c1cc2cccnc2n(Cc2ccc(F)cc2)c1=O. The van der Waals surface area contributed by atoms with Crippen molar-refractivity contribution in [1.29, 1.82) is 0 Å². The van der Waals surface area contributed by atoms with E-state index in [1.807, 2.05) is 6.07 Å². The van der Waals surface area contributed by atoms with E-state index in [9.17, 15) is 14.0 Å². The predicted molar refractivity (Wildman–Crippen MR) is 103 cm³/mol. The first-order valence-corrected chi connectivity index (χ1v) is 8.97. The molecule has 0 spiro atoms. The van der Waals surface area contributed by atoms with Gasteiger partial charge < -0.3 is 5.32 Å². The molecule has 0 aliphatic rings.